The molecule has 2 aromatic rings. The van der Waals surface area contributed by atoms with Crippen molar-refractivity contribution >= 4 is 35.2 Å². The number of anilines is 2. The highest BCUT2D eigenvalue weighted by Gasteiger charge is 2.28. The lowest BCUT2D eigenvalue weighted by molar-refractivity contribution is -0.129. The number of carbonyl (C=O) groups excluding carboxylic acids is 3. The van der Waals surface area contributed by atoms with Gasteiger partial charge in [-0.25, -0.2) is 0 Å². The number of nitrogens with zero attached hydrogens (tertiary/aromatic N) is 2. The maximum atomic E-state index is 12.9. The molecule has 30 heavy (non-hydrogen) atoms. The van der Waals surface area contributed by atoms with Crippen LogP contribution in [0.2, 0.25) is 0 Å². The number of piperidine rings is 1. The van der Waals surface area contributed by atoms with Gasteiger partial charge in [-0.1, -0.05) is 30.3 Å². The molecule has 6 nitrogen and oxygen atoms in total. The van der Waals surface area contributed by atoms with Crippen LogP contribution in [-0.4, -0.2) is 29.2 Å². The molecule has 6 heteroatoms. The third-order valence-electron chi connectivity index (χ3n) is 5.61. The van der Waals surface area contributed by atoms with Gasteiger partial charge in [-0.2, -0.15) is 0 Å². The molecule has 1 fully saturated rings. The number of hydrogen-bond acceptors (Lipinski definition) is 3. The average Bonchev–Trinajstić information content (AvgIpc) is 2.74. The van der Waals surface area contributed by atoms with Crippen molar-refractivity contribution in [2.75, 3.05) is 16.8 Å². The summed E-state index contributed by atoms with van der Waals surface area (Å²) in [5, 5.41) is 2.93. The van der Waals surface area contributed by atoms with Gasteiger partial charge in [0.2, 0.25) is 17.7 Å². The first kappa shape index (κ1) is 19.9. The summed E-state index contributed by atoms with van der Waals surface area (Å²) in [6.45, 7) is 2.21. The lowest BCUT2D eigenvalue weighted by atomic mass is 9.93. The van der Waals surface area contributed by atoms with E-state index in [4.69, 9.17) is 0 Å². The molecule has 1 atom stereocenters. The van der Waals surface area contributed by atoms with Crippen molar-refractivity contribution in [1.82, 2.24) is 4.90 Å². The molecule has 0 spiro atoms. The minimum atomic E-state index is -0.351. The van der Waals surface area contributed by atoms with Gasteiger partial charge >= 0.3 is 0 Å². The molecular formula is C24H25N3O3. The zero-order valence-electron chi connectivity index (χ0n) is 17.0. The van der Waals surface area contributed by atoms with Crippen LogP contribution in [0.4, 0.5) is 11.4 Å². The van der Waals surface area contributed by atoms with Crippen molar-refractivity contribution in [3.05, 3.63) is 65.9 Å². The summed E-state index contributed by atoms with van der Waals surface area (Å²) in [6, 6.07) is 14.8. The smallest absolute Gasteiger partial charge is 0.226 e. The van der Waals surface area contributed by atoms with Crippen LogP contribution in [-0.2, 0) is 14.4 Å². The van der Waals surface area contributed by atoms with Crippen molar-refractivity contribution in [2.45, 2.75) is 38.6 Å². The Kier molecular flexibility index (Phi) is 5.65. The largest absolute Gasteiger partial charge is 0.326 e. The van der Waals surface area contributed by atoms with Gasteiger partial charge in [0.1, 0.15) is 0 Å². The summed E-state index contributed by atoms with van der Waals surface area (Å²) in [6.07, 6.45) is 6.25. The number of amides is 3. The zero-order chi connectivity index (χ0) is 21.1. The van der Waals surface area contributed by atoms with E-state index in [0.717, 1.165) is 29.7 Å². The van der Waals surface area contributed by atoms with Gasteiger partial charge in [0.15, 0.2) is 0 Å². The fraction of sp³-hybridized carbons (Fsp3) is 0.292. The van der Waals surface area contributed by atoms with Crippen LogP contribution >= 0.6 is 0 Å². The quantitative estimate of drug-likeness (QED) is 0.835. The fourth-order valence-electron chi connectivity index (χ4n) is 4.13. The molecule has 1 unspecified atom stereocenters. The Balaban J connectivity index is 1.50. The molecule has 0 aliphatic carbocycles. The standard InChI is InChI=1S/C24H25N3O3/c1-17(28)26-14-12-18-7-2-3-10-21(18)22(26)16-23(29)25-19-8-6-9-20(15-19)27-13-5-4-11-24(27)30/h2-3,6-10,12,14-15,22H,4-5,11,13,16H2,1H3,(H,25,29). The molecule has 1 saturated heterocycles. The van der Waals surface area contributed by atoms with E-state index in [-0.39, 0.29) is 30.2 Å². The Bertz CT molecular complexity index is 1010. The van der Waals surface area contributed by atoms with Crippen molar-refractivity contribution in [1.29, 1.82) is 0 Å². The Hall–Kier alpha value is -3.41. The van der Waals surface area contributed by atoms with E-state index in [1.165, 1.54) is 6.92 Å². The van der Waals surface area contributed by atoms with Crippen LogP contribution in [0.25, 0.3) is 6.08 Å². The van der Waals surface area contributed by atoms with Gasteiger partial charge in [0.05, 0.1) is 12.5 Å². The first-order valence-corrected chi connectivity index (χ1v) is 10.3. The Labute approximate surface area is 176 Å². The minimum Gasteiger partial charge on any atom is -0.326 e. The van der Waals surface area contributed by atoms with Crippen LogP contribution in [0.15, 0.2) is 54.7 Å². The van der Waals surface area contributed by atoms with Crippen molar-refractivity contribution in [3.8, 4) is 0 Å². The number of benzene rings is 2. The molecule has 2 aliphatic rings. The predicted molar refractivity (Wildman–Crippen MR) is 117 cm³/mol. The minimum absolute atomic E-state index is 0.107. The van der Waals surface area contributed by atoms with Gasteiger partial charge in [0.25, 0.3) is 0 Å². The van der Waals surface area contributed by atoms with E-state index >= 15 is 0 Å². The molecule has 154 valence electrons. The highest BCUT2D eigenvalue weighted by atomic mass is 16.2. The molecule has 0 bridgehead atoms. The predicted octanol–water partition coefficient (Wildman–Crippen LogP) is 4.11. The van der Waals surface area contributed by atoms with E-state index in [9.17, 15) is 14.4 Å². The van der Waals surface area contributed by atoms with Gasteiger partial charge in [-0.3, -0.25) is 14.4 Å². The molecule has 0 saturated carbocycles. The lowest BCUT2D eigenvalue weighted by Crippen LogP contribution is -2.35. The lowest BCUT2D eigenvalue weighted by Gasteiger charge is -2.32. The van der Waals surface area contributed by atoms with E-state index in [0.29, 0.717) is 18.7 Å². The molecule has 2 aliphatic heterocycles. The molecule has 0 aromatic heterocycles. The SMILES string of the molecule is CC(=O)N1C=Cc2ccccc2C1CC(=O)Nc1cccc(N2CCCCC2=O)c1. The highest BCUT2D eigenvalue weighted by Crippen LogP contribution is 2.33. The van der Waals surface area contributed by atoms with Crippen LogP contribution in [0, 0.1) is 0 Å². The number of rotatable bonds is 4. The molecule has 0 radical (unpaired) electrons. The third kappa shape index (κ3) is 4.13. The van der Waals surface area contributed by atoms with E-state index in [1.54, 1.807) is 16.0 Å². The van der Waals surface area contributed by atoms with Crippen molar-refractivity contribution in [2.24, 2.45) is 0 Å². The summed E-state index contributed by atoms with van der Waals surface area (Å²) in [4.78, 5) is 40.6. The fourth-order valence-corrected chi connectivity index (χ4v) is 4.13. The topological polar surface area (TPSA) is 69.7 Å². The van der Waals surface area contributed by atoms with Crippen LogP contribution < -0.4 is 10.2 Å². The second-order valence-electron chi connectivity index (χ2n) is 7.69. The first-order valence-electron chi connectivity index (χ1n) is 10.3. The van der Waals surface area contributed by atoms with Crippen molar-refractivity contribution in [3.63, 3.8) is 0 Å². The second-order valence-corrected chi connectivity index (χ2v) is 7.69. The molecule has 2 aromatic carbocycles. The zero-order valence-corrected chi connectivity index (χ0v) is 17.0. The first-order chi connectivity index (χ1) is 14.5. The van der Waals surface area contributed by atoms with E-state index in [1.807, 2.05) is 54.6 Å². The molecule has 2 heterocycles. The summed E-state index contributed by atoms with van der Waals surface area (Å²) in [5.74, 6) is -0.171. The van der Waals surface area contributed by atoms with Gasteiger partial charge < -0.3 is 15.1 Å². The number of nitrogens with one attached hydrogen (secondary N) is 1. The number of fused-ring (bicyclic) bond motifs is 1. The van der Waals surface area contributed by atoms with Crippen molar-refractivity contribution < 1.29 is 14.4 Å². The molecule has 3 amide bonds. The highest BCUT2D eigenvalue weighted by molar-refractivity contribution is 5.96. The summed E-state index contributed by atoms with van der Waals surface area (Å²) >= 11 is 0. The average molecular weight is 403 g/mol. The summed E-state index contributed by atoms with van der Waals surface area (Å²) in [5.41, 5.74) is 3.41. The second kappa shape index (κ2) is 8.53. The van der Waals surface area contributed by atoms with E-state index < -0.39 is 0 Å². The molecular weight excluding hydrogens is 378 g/mol. The van der Waals surface area contributed by atoms with Gasteiger partial charge in [-0.05, 0) is 48.2 Å². The van der Waals surface area contributed by atoms with Gasteiger partial charge in [-0.15, -0.1) is 0 Å². The molecule has 4 rings (SSSR count). The summed E-state index contributed by atoms with van der Waals surface area (Å²) in [7, 11) is 0. The maximum Gasteiger partial charge on any atom is 0.226 e. The Morgan fingerprint density at radius 3 is 2.73 bits per heavy atom. The monoisotopic (exact) mass is 403 g/mol. The van der Waals surface area contributed by atoms with E-state index in [2.05, 4.69) is 5.32 Å². The summed E-state index contributed by atoms with van der Waals surface area (Å²) < 4.78 is 0. The van der Waals surface area contributed by atoms with Gasteiger partial charge in [0, 0.05) is 37.5 Å². The van der Waals surface area contributed by atoms with Crippen LogP contribution in [0.5, 0.6) is 0 Å². The number of hydrogen-bond donors (Lipinski definition) is 1. The number of carbonyl (C=O) groups is 3. The normalized spacial score (nSPS) is 18.2. The maximum absolute atomic E-state index is 12.9. The third-order valence-corrected chi connectivity index (χ3v) is 5.61. The Morgan fingerprint density at radius 2 is 1.93 bits per heavy atom. The molecule has 1 N–H and O–H groups in total. The van der Waals surface area contributed by atoms with Crippen LogP contribution in [0.3, 0.4) is 0 Å². The van der Waals surface area contributed by atoms with Crippen LogP contribution in [0.1, 0.15) is 49.8 Å². The Morgan fingerprint density at radius 1 is 1.10 bits per heavy atom.